The van der Waals surface area contributed by atoms with Crippen LogP contribution in [0, 0.1) is 3.57 Å². The lowest BCUT2D eigenvalue weighted by molar-refractivity contribution is 0.881. The maximum Gasteiger partial charge on any atom is 0.0486 e. The zero-order chi connectivity index (χ0) is 13.8. The minimum absolute atomic E-state index is 0.269. The number of anilines is 1. The molecule has 0 saturated carbocycles. The number of benzene rings is 2. The normalized spacial score (nSPS) is 12.2. The van der Waals surface area contributed by atoms with E-state index in [0.29, 0.717) is 0 Å². The van der Waals surface area contributed by atoms with Crippen molar-refractivity contribution >= 4 is 51.6 Å². The molecule has 0 radical (unpaired) electrons. The fourth-order valence-corrected chi connectivity index (χ4v) is 3.25. The fourth-order valence-electron chi connectivity index (χ4n) is 1.82. The van der Waals surface area contributed by atoms with E-state index in [9.17, 15) is 0 Å². The van der Waals surface area contributed by atoms with Gasteiger partial charge >= 0.3 is 0 Å². The Morgan fingerprint density at radius 3 is 2.42 bits per heavy atom. The molecule has 0 aliphatic carbocycles. The molecule has 0 bridgehead atoms. The lowest BCUT2D eigenvalue weighted by Crippen LogP contribution is -2.07. The highest BCUT2D eigenvalue weighted by Crippen LogP contribution is 2.27. The topological polar surface area (TPSA) is 12.0 Å². The van der Waals surface area contributed by atoms with Gasteiger partial charge in [-0.05, 0) is 71.7 Å². The summed E-state index contributed by atoms with van der Waals surface area (Å²) >= 11 is 10.0. The van der Waals surface area contributed by atoms with Gasteiger partial charge in [0.25, 0.3) is 0 Å². The summed E-state index contributed by atoms with van der Waals surface area (Å²) in [6.45, 7) is 2.17. The van der Waals surface area contributed by atoms with Gasteiger partial charge in [0.05, 0.1) is 0 Å². The molecule has 0 spiro atoms. The van der Waals surface area contributed by atoms with Crippen molar-refractivity contribution in [2.75, 3.05) is 11.6 Å². The number of nitrogens with one attached hydrogen (secondary N) is 1. The van der Waals surface area contributed by atoms with Gasteiger partial charge in [-0.15, -0.1) is 11.8 Å². The summed E-state index contributed by atoms with van der Waals surface area (Å²) in [7, 11) is 0. The van der Waals surface area contributed by atoms with Gasteiger partial charge in [-0.1, -0.05) is 23.7 Å². The first kappa shape index (κ1) is 15.0. The smallest absolute Gasteiger partial charge is 0.0486 e. The summed E-state index contributed by atoms with van der Waals surface area (Å²) in [5.74, 6) is 0. The largest absolute Gasteiger partial charge is 0.378 e. The zero-order valence-electron chi connectivity index (χ0n) is 10.8. The summed E-state index contributed by atoms with van der Waals surface area (Å²) in [6.07, 6.45) is 2.09. The molecule has 0 fully saturated rings. The highest BCUT2D eigenvalue weighted by Gasteiger charge is 2.07. The zero-order valence-corrected chi connectivity index (χ0v) is 14.5. The minimum atomic E-state index is 0.269. The lowest BCUT2D eigenvalue weighted by atomic mass is 10.1. The predicted octanol–water partition coefficient (Wildman–Crippen LogP) is 5.84. The average molecular weight is 404 g/mol. The Morgan fingerprint density at radius 1 is 1.16 bits per heavy atom. The molecule has 0 aliphatic rings. The Morgan fingerprint density at radius 2 is 1.84 bits per heavy atom. The Kier molecular flexibility index (Phi) is 5.42. The first-order chi connectivity index (χ1) is 9.10. The number of halogens is 2. The van der Waals surface area contributed by atoms with E-state index >= 15 is 0 Å². The maximum absolute atomic E-state index is 5.97. The standard InChI is InChI=1S/C15H15ClINS/c1-10(11-3-6-13(19-2)7-4-11)18-15-8-5-12(16)9-14(15)17/h3-10,18H,1-2H3. The molecule has 19 heavy (non-hydrogen) atoms. The van der Waals surface area contributed by atoms with E-state index in [2.05, 4.69) is 65.4 Å². The molecule has 4 heteroatoms. The van der Waals surface area contributed by atoms with E-state index in [-0.39, 0.29) is 6.04 Å². The molecule has 0 aliphatic heterocycles. The minimum Gasteiger partial charge on any atom is -0.378 e. The highest BCUT2D eigenvalue weighted by molar-refractivity contribution is 14.1. The molecule has 0 heterocycles. The van der Waals surface area contributed by atoms with Crippen LogP contribution in [0.2, 0.25) is 5.02 Å². The fraction of sp³-hybridized carbons (Fsp3) is 0.200. The van der Waals surface area contributed by atoms with Crippen LogP contribution in [-0.4, -0.2) is 6.26 Å². The quantitative estimate of drug-likeness (QED) is 0.508. The van der Waals surface area contributed by atoms with Crippen molar-refractivity contribution in [1.29, 1.82) is 0 Å². The van der Waals surface area contributed by atoms with Crippen LogP contribution in [0.25, 0.3) is 0 Å². The number of hydrogen-bond donors (Lipinski definition) is 1. The average Bonchev–Trinajstić information content (AvgIpc) is 2.42. The van der Waals surface area contributed by atoms with Crippen LogP contribution >= 0.6 is 46.0 Å². The van der Waals surface area contributed by atoms with Crippen LogP contribution in [0.1, 0.15) is 18.5 Å². The monoisotopic (exact) mass is 403 g/mol. The van der Waals surface area contributed by atoms with Crippen LogP contribution in [0.4, 0.5) is 5.69 Å². The molecule has 0 aromatic heterocycles. The van der Waals surface area contributed by atoms with Gasteiger partial charge in [0.15, 0.2) is 0 Å². The van der Waals surface area contributed by atoms with Crippen molar-refractivity contribution in [2.45, 2.75) is 17.9 Å². The first-order valence-corrected chi connectivity index (χ1v) is 8.64. The van der Waals surface area contributed by atoms with Gasteiger partial charge in [0.1, 0.15) is 0 Å². The van der Waals surface area contributed by atoms with Crippen LogP contribution in [-0.2, 0) is 0 Å². The summed E-state index contributed by atoms with van der Waals surface area (Å²) in [5.41, 5.74) is 2.40. The third-order valence-corrected chi connectivity index (χ3v) is 4.79. The lowest BCUT2D eigenvalue weighted by Gasteiger charge is -2.17. The second kappa shape index (κ2) is 6.86. The van der Waals surface area contributed by atoms with Gasteiger partial charge in [-0.2, -0.15) is 0 Å². The van der Waals surface area contributed by atoms with Gasteiger partial charge in [-0.3, -0.25) is 0 Å². The molecule has 1 atom stereocenters. The molecule has 1 nitrogen and oxygen atoms in total. The third kappa shape index (κ3) is 4.04. The number of thioether (sulfide) groups is 1. The summed E-state index contributed by atoms with van der Waals surface area (Å²) in [6, 6.07) is 14.8. The Balaban J connectivity index is 2.13. The van der Waals surface area contributed by atoms with Crippen LogP contribution in [0.15, 0.2) is 47.4 Å². The van der Waals surface area contributed by atoms with E-state index < -0.39 is 0 Å². The van der Waals surface area contributed by atoms with Gasteiger partial charge in [0, 0.05) is 25.2 Å². The van der Waals surface area contributed by atoms with E-state index in [1.807, 2.05) is 18.2 Å². The second-order valence-electron chi connectivity index (χ2n) is 4.26. The van der Waals surface area contributed by atoms with E-state index in [1.54, 1.807) is 11.8 Å². The highest BCUT2D eigenvalue weighted by atomic mass is 127. The molecule has 2 aromatic rings. The van der Waals surface area contributed by atoms with Gasteiger partial charge in [-0.25, -0.2) is 0 Å². The third-order valence-electron chi connectivity index (χ3n) is 2.92. The molecule has 1 unspecified atom stereocenters. The predicted molar refractivity (Wildman–Crippen MR) is 94.4 cm³/mol. The summed E-state index contributed by atoms with van der Waals surface area (Å²) in [5, 5.41) is 4.29. The van der Waals surface area contributed by atoms with Crippen LogP contribution < -0.4 is 5.32 Å². The van der Waals surface area contributed by atoms with E-state index in [1.165, 1.54) is 10.5 Å². The van der Waals surface area contributed by atoms with Crippen molar-refractivity contribution in [3.63, 3.8) is 0 Å². The van der Waals surface area contributed by atoms with Crippen molar-refractivity contribution in [3.8, 4) is 0 Å². The summed E-state index contributed by atoms with van der Waals surface area (Å²) < 4.78 is 1.14. The Hall–Kier alpha value is -0.390. The Bertz CT molecular complexity index is 557. The van der Waals surface area contributed by atoms with Crippen molar-refractivity contribution < 1.29 is 0 Å². The molecule has 1 N–H and O–H groups in total. The van der Waals surface area contributed by atoms with E-state index in [4.69, 9.17) is 11.6 Å². The second-order valence-corrected chi connectivity index (χ2v) is 6.74. The van der Waals surface area contributed by atoms with Crippen LogP contribution in [0.5, 0.6) is 0 Å². The molecule has 0 amide bonds. The number of hydrogen-bond acceptors (Lipinski definition) is 2. The van der Waals surface area contributed by atoms with Crippen molar-refractivity contribution in [1.82, 2.24) is 0 Å². The molecular formula is C15H15ClINS. The van der Waals surface area contributed by atoms with Gasteiger partial charge < -0.3 is 5.32 Å². The van der Waals surface area contributed by atoms with E-state index in [0.717, 1.165) is 14.3 Å². The van der Waals surface area contributed by atoms with Crippen LogP contribution in [0.3, 0.4) is 0 Å². The maximum atomic E-state index is 5.97. The molecular weight excluding hydrogens is 389 g/mol. The molecule has 0 saturated heterocycles. The molecule has 2 aromatic carbocycles. The SMILES string of the molecule is CSc1ccc(C(C)Nc2ccc(Cl)cc2I)cc1. The van der Waals surface area contributed by atoms with Crippen molar-refractivity contribution in [2.24, 2.45) is 0 Å². The summed E-state index contributed by atoms with van der Waals surface area (Å²) in [4.78, 5) is 1.29. The molecule has 2 rings (SSSR count). The Labute approximate surface area is 137 Å². The first-order valence-electron chi connectivity index (χ1n) is 5.95. The van der Waals surface area contributed by atoms with Gasteiger partial charge in [0.2, 0.25) is 0 Å². The number of rotatable bonds is 4. The van der Waals surface area contributed by atoms with Crippen molar-refractivity contribution in [3.05, 3.63) is 56.6 Å². The molecule has 100 valence electrons.